The normalized spacial score (nSPS) is 15.4. The Kier molecular flexibility index (Phi) is 7.55. The van der Waals surface area contributed by atoms with E-state index in [1.54, 1.807) is 22.9 Å². The number of halogens is 2. The zero-order chi connectivity index (χ0) is 28.7. The second kappa shape index (κ2) is 11.3. The summed E-state index contributed by atoms with van der Waals surface area (Å²) in [5, 5.41) is 16.1. The summed E-state index contributed by atoms with van der Waals surface area (Å²) in [6.07, 6.45) is 5.95. The summed E-state index contributed by atoms with van der Waals surface area (Å²) in [5.74, 6) is 4.59. The minimum absolute atomic E-state index is 0.0979. The molecule has 2 fully saturated rings. The molecule has 1 atom stereocenters. The number of rotatable bonds is 9. The number of nitrogens with zero attached hydrogens (tertiary/aromatic N) is 3. The Balaban J connectivity index is 1.49. The van der Waals surface area contributed by atoms with E-state index in [2.05, 4.69) is 16.8 Å². The SMILES string of the molecule is O=C(O)c1csc(-n2nc(-c3ccc(F)c(C#CCC4CC4)c3)c(Cc3ccc(S(=O)[O-])c(F)c3)c2CC2CC2)n1. The number of carboxylic acid groups (broad SMARTS) is 1. The monoisotopic (exact) mass is 592 g/mol. The van der Waals surface area contributed by atoms with Gasteiger partial charge in [-0.2, -0.15) is 5.10 Å². The minimum Gasteiger partial charge on any atom is -0.768 e. The molecule has 0 radical (unpaired) electrons. The molecule has 2 aliphatic rings. The molecule has 0 amide bonds. The average Bonchev–Trinajstić information content (AvgIpc) is 3.85. The van der Waals surface area contributed by atoms with Gasteiger partial charge in [0.1, 0.15) is 11.6 Å². The highest BCUT2D eigenvalue weighted by molar-refractivity contribution is 7.79. The van der Waals surface area contributed by atoms with Crippen LogP contribution in [0.5, 0.6) is 0 Å². The molecule has 0 bridgehead atoms. The van der Waals surface area contributed by atoms with Crippen molar-refractivity contribution in [2.24, 2.45) is 11.8 Å². The van der Waals surface area contributed by atoms with Gasteiger partial charge in [-0.1, -0.05) is 17.9 Å². The summed E-state index contributed by atoms with van der Waals surface area (Å²) in [4.78, 5) is 15.4. The van der Waals surface area contributed by atoms with Gasteiger partial charge in [-0.15, -0.1) is 11.3 Å². The van der Waals surface area contributed by atoms with E-state index < -0.39 is 33.6 Å². The van der Waals surface area contributed by atoms with Crippen molar-refractivity contribution >= 4 is 28.4 Å². The van der Waals surface area contributed by atoms with E-state index >= 15 is 0 Å². The van der Waals surface area contributed by atoms with Gasteiger partial charge in [0, 0.05) is 29.3 Å². The topological polar surface area (TPSA) is 108 Å². The fraction of sp³-hybridized carbons (Fsp3) is 0.300. The Morgan fingerprint density at radius 3 is 2.56 bits per heavy atom. The Labute approximate surface area is 241 Å². The van der Waals surface area contributed by atoms with Crippen LogP contribution < -0.4 is 0 Å². The van der Waals surface area contributed by atoms with Crippen LogP contribution in [-0.2, 0) is 23.9 Å². The predicted molar refractivity (Wildman–Crippen MR) is 149 cm³/mol. The first kappa shape index (κ1) is 27.4. The fourth-order valence-electron chi connectivity index (χ4n) is 4.70. The average molecular weight is 593 g/mol. The van der Waals surface area contributed by atoms with Gasteiger partial charge in [0.15, 0.2) is 5.69 Å². The molecule has 2 aliphatic carbocycles. The van der Waals surface area contributed by atoms with Crippen LogP contribution in [0, 0.1) is 35.3 Å². The number of carboxylic acids is 1. The Bertz CT molecular complexity index is 1750. The molecule has 210 valence electrons. The molecule has 7 nitrogen and oxygen atoms in total. The van der Waals surface area contributed by atoms with Crippen LogP contribution in [-0.4, -0.2) is 34.6 Å². The second-order valence-corrected chi connectivity index (χ2v) is 12.2. The van der Waals surface area contributed by atoms with Gasteiger partial charge in [0.25, 0.3) is 0 Å². The van der Waals surface area contributed by atoms with Gasteiger partial charge >= 0.3 is 5.97 Å². The lowest BCUT2D eigenvalue weighted by molar-refractivity contribution is 0.0691. The van der Waals surface area contributed by atoms with E-state index in [1.807, 2.05) is 0 Å². The van der Waals surface area contributed by atoms with Gasteiger partial charge in [-0.05, 0) is 90.9 Å². The van der Waals surface area contributed by atoms with Gasteiger partial charge < -0.3 is 9.66 Å². The largest absolute Gasteiger partial charge is 0.768 e. The van der Waals surface area contributed by atoms with Crippen molar-refractivity contribution in [1.82, 2.24) is 14.8 Å². The van der Waals surface area contributed by atoms with Crippen LogP contribution >= 0.6 is 11.3 Å². The summed E-state index contributed by atoms with van der Waals surface area (Å²) in [6.45, 7) is 0. The van der Waals surface area contributed by atoms with E-state index in [-0.39, 0.29) is 17.7 Å². The van der Waals surface area contributed by atoms with Crippen molar-refractivity contribution in [3.63, 3.8) is 0 Å². The van der Waals surface area contributed by atoms with Crippen molar-refractivity contribution < 1.29 is 27.4 Å². The number of aromatic carboxylic acids is 1. The Hall–Kier alpha value is -3.72. The molecule has 1 unspecified atom stereocenters. The van der Waals surface area contributed by atoms with E-state index in [0.717, 1.165) is 54.7 Å². The molecule has 41 heavy (non-hydrogen) atoms. The van der Waals surface area contributed by atoms with Gasteiger partial charge in [-0.25, -0.2) is 23.2 Å². The maximum atomic E-state index is 14.7. The second-order valence-electron chi connectivity index (χ2n) is 10.5. The lowest BCUT2D eigenvalue weighted by Gasteiger charge is -2.11. The molecule has 0 aliphatic heterocycles. The van der Waals surface area contributed by atoms with Crippen molar-refractivity contribution in [2.45, 2.75) is 49.8 Å². The van der Waals surface area contributed by atoms with Gasteiger partial charge in [0.2, 0.25) is 5.13 Å². The Morgan fingerprint density at radius 1 is 1.12 bits per heavy atom. The molecule has 2 heterocycles. The number of hydrogen-bond acceptors (Lipinski definition) is 6. The molecular weight excluding hydrogens is 568 g/mol. The molecule has 2 aromatic heterocycles. The smallest absolute Gasteiger partial charge is 0.355 e. The van der Waals surface area contributed by atoms with Crippen LogP contribution in [0.15, 0.2) is 46.7 Å². The van der Waals surface area contributed by atoms with E-state index in [4.69, 9.17) is 5.10 Å². The van der Waals surface area contributed by atoms with E-state index in [1.165, 1.54) is 23.6 Å². The lowest BCUT2D eigenvalue weighted by atomic mass is 9.96. The molecule has 4 aromatic rings. The fourth-order valence-corrected chi connectivity index (χ4v) is 5.87. The summed E-state index contributed by atoms with van der Waals surface area (Å²) in [6, 6.07) is 8.60. The van der Waals surface area contributed by atoms with Crippen molar-refractivity contribution in [2.75, 3.05) is 0 Å². The number of carbonyl (C=O) groups is 1. The molecule has 6 rings (SSSR count). The minimum atomic E-state index is -2.71. The van der Waals surface area contributed by atoms with Crippen molar-refractivity contribution in [3.05, 3.63) is 81.5 Å². The first-order valence-corrected chi connectivity index (χ1v) is 15.2. The lowest BCUT2D eigenvalue weighted by Crippen LogP contribution is -2.06. The summed E-state index contributed by atoms with van der Waals surface area (Å²) < 4.78 is 53.7. The van der Waals surface area contributed by atoms with Crippen LogP contribution in [0.4, 0.5) is 8.78 Å². The van der Waals surface area contributed by atoms with Crippen molar-refractivity contribution in [1.29, 1.82) is 0 Å². The summed E-state index contributed by atoms with van der Waals surface area (Å²) >= 11 is -1.56. The van der Waals surface area contributed by atoms with Crippen molar-refractivity contribution in [3.8, 4) is 28.2 Å². The van der Waals surface area contributed by atoms with Crippen LogP contribution in [0.1, 0.15) is 65.0 Å². The first-order valence-electron chi connectivity index (χ1n) is 13.2. The first-order chi connectivity index (χ1) is 19.8. The zero-order valence-corrected chi connectivity index (χ0v) is 23.4. The predicted octanol–water partition coefficient (Wildman–Crippen LogP) is 5.91. The molecular formula is C30H24F2N3O4S2-. The Morgan fingerprint density at radius 2 is 1.90 bits per heavy atom. The molecule has 2 aromatic carbocycles. The van der Waals surface area contributed by atoms with Gasteiger partial charge in [0.05, 0.1) is 21.8 Å². The maximum absolute atomic E-state index is 14.7. The van der Waals surface area contributed by atoms with Crippen LogP contribution in [0.2, 0.25) is 0 Å². The third kappa shape index (κ3) is 6.15. The quantitative estimate of drug-likeness (QED) is 0.191. The third-order valence-electron chi connectivity index (χ3n) is 7.27. The number of aromatic nitrogens is 3. The highest BCUT2D eigenvalue weighted by Crippen LogP contribution is 2.38. The molecule has 0 saturated heterocycles. The molecule has 0 spiro atoms. The highest BCUT2D eigenvalue weighted by atomic mass is 32.2. The standard InChI is InChI=1S/C30H25F2N3O4S2/c31-23-10-9-21(15-20(23)3-1-2-17-4-5-17)28-22(12-19-8-11-27(41(38)39)24(32)13-19)26(14-18-6-7-18)35(34-28)30-33-25(16-40-30)29(36)37/h8-11,13,15-18H,2,4-7,12,14H2,(H,36,37)(H,38,39)/p-1. The summed E-state index contributed by atoms with van der Waals surface area (Å²) in [5.41, 5.74) is 3.38. The zero-order valence-electron chi connectivity index (χ0n) is 21.7. The number of benzene rings is 2. The molecule has 11 heteroatoms. The third-order valence-corrected chi connectivity index (χ3v) is 8.77. The maximum Gasteiger partial charge on any atom is 0.355 e. The number of hydrogen-bond donors (Lipinski definition) is 1. The summed E-state index contributed by atoms with van der Waals surface area (Å²) in [7, 11) is 0. The van der Waals surface area contributed by atoms with E-state index in [0.29, 0.717) is 40.2 Å². The highest BCUT2D eigenvalue weighted by Gasteiger charge is 2.29. The van der Waals surface area contributed by atoms with Crippen LogP contribution in [0.25, 0.3) is 16.4 Å². The van der Waals surface area contributed by atoms with E-state index in [9.17, 15) is 27.4 Å². The van der Waals surface area contributed by atoms with Gasteiger partial charge in [-0.3, -0.25) is 4.21 Å². The molecule has 2 saturated carbocycles. The van der Waals surface area contributed by atoms with Crippen LogP contribution in [0.3, 0.4) is 0 Å². The number of thiazole rings is 1. The molecule has 1 N–H and O–H groups in total.